The van der Waals surface area contributed by atoms with Gasteiger partial charge in [0.1, 0.15) is 6.61 Å². The first kappa shape index (κ1) is 19.2. The van der Waals surface area contributed by atoms with E-state index in [0.29, 0.717) is 25.1 Å². The van der Waals surface area contributed by atoms with Crippen molar-refractivity contribution in [3.63, 3.8) is 0 Å². The van der Waals surface area contributed by atoms with E-state index in [4.69, 9.17) is 16.3 Å². The number of amides is 1. The van der Waals surface area contributed by atoms with Crippen molar-refractivity contribution in [1.82, 2.24) is 4.90 Å². The molecule has 1 fully saturated rings. The third-order valence-corrected chi connectivity index (χ3v) is 4.89. The van der Waals surface area contributed by atoms with Crippen molar-refractivity contribution in [2.45, 2.75) is 32.8 Å². The highest BCUT2D eigenvalue weighted by molar-refractivity contribution is 6.64. The fourth-order valence-corrected chi connectivity index (χ4v) is 3.45. The van der Waals surface area contributed by atoms with E-state index < -0.39 is 11.0 Å². The van der Waals surface area contributed by atoms with Gasteiger partial charge in [-0.05, 0) is 54.5 Å². The van der Waals surface area contributed by atoms with Gasteiger partial charge in [-0.25, -0.2) is 4.79 Å². The van der Waals surface area contributed by atoms with E-state index in [1.165, 1.54) is 12.1 Å². The Morgan fingerprint density at radius 2 is 1.92 bits per heavy atom. The summed E-state index contributed by atoms with van der Waals surface area (Å²) in [4.78, 5) is 35.3. The Morgan fingerprint density at radius 3 is 2.40 bits per heavy atom. The number of likely N-dealkylation sites (tertiary alicyclic amines) is 1. The van der Waals surface area contributed by atoms with Crippen molar-refractivity contribution in [3.05, 3.63) is 39.9 Å². The molecule has 0 aromatic heterocycles. The number of nitrogens with zero attached hydrogens (tertiary/aromatic N) is 2. The number of non-ortho nitro benzene ring substituents is 1. The minimum atomic E-state index is -0.477. The number of hydrogen-bond acceptors (Lipinski definition) is 5. The minimum Gasteiger partial charge on any atom is -0.445 e. The topological polar surface area (TPSA) is 89.8 Å². The molecule has 136 valence electrons. The molecule has 2 rings (SSSR count). The number of carbonyl (C=O) groups is 2. The molecule has 0 saturated carbocycles. The number of nitro benzene ring substituents is 1. The first-order chi connectivity index (χ1) is 11.9. The summed E-state index contributed by atoms with van der Waals surface area (Å²) in [5.41, 5.74) is 0.684. The van der Waals surface area contributed by atoms with Gasteiger partial charge in [0.2, 0.25) is 5.24 Å². The van der Waals surface area contributed by atoms with Gasteiger partial charge in [-0.3, -0.25) is 14.9 Å². The third kappa shape index (κ3) is 5.16. The lowest BCUT2D eigenvalue weighted by atomic mass is 9.83. The van der Waals surface area contributed by atoms with Crippen molar-refractivity contribution in [1.29, 1.82) is 0 Å². The molecule has 1 amide bonds. The molecule has 25 heavy (non-hydrogen) atoms. The molecular formula is C17H21ClN2O5. The van der Waals surface area contributed by atoms with Crippen molar-refractivity contribution in [2.75, 3.05) is 13.1 Å². The van der Waals surface area contributed by atoms with Crippen molar-refractivity contribution < 1.29 is 19.2 Å². The van der Waals surface area contributed by atoms with Crippen LogP contribution in [0.5, 0.6) is 0 Å². The summed E-state index contributed by atoms with van der Waals surface area (Å²) in [6, 6.07) is 5.89. The average Bonchev–Trinajstić information content (AvgIpc) is 2.61. The molecule has 0 bridgehead atoms. The van der Waals surface area contributed by atoms with E-state index in [9.17, 15) is 19.7 Å². The Labute approximate surface area is 151 Å². The van der Waals surface area contributed by atoms with Crippen LogP contribution in [0.3, 0.4) is 0 Å². The first-order valence-electron chi connectivity index (χ1n) is 8.26. The molecule has 8 heteroatoms. The zero-order valence-corrected chi connectivity index (χ0v) is 14.8. The van der Waals surface area contributed by atoms with Crippen LogP contribution in [0, 0.1) is 22.0 Å². The Balaban J connectivity index is 1.80. The summed E-state index contributed by atoms with van der Waals surface area (Å²) in [6.45, 7) is 3.07. The van der Waals surface area contributed by atoms with Crippen LogP contribution in [0.15, 0.2) is 24.3 Å². The predicted molar refractivity (Wildman–Crippen MR) is 92.2 cm³/mol. The first-order valence-corrected chi connectivity index (χ1v) is 8.64. The molecular weight excluding hydrogens is 348 g/mol. The zero-order valence-electron chi connectivity index (χ0n) is 14.0. The van der Waals surface area contributed by atoms with Gasteiger partial charge in [0.15, 0.2) is 0 Å². The molecule has 0 radical (unpaired) electrons. The van der Waals surface area contributed by atoms with Crippen LogP contribution in [0.25, 0.3) is 0 Å². The summed E-state index contributed by atoms with van der Waals surface area (Å²) in [5.74, 6) is 0.0497. The Kier molecular flexibility index (Phi) is 6.75. The maximum Gasteiger partial charge on any atom is 0.410 e. The highest BCUT2D eigenvalue weighted by Crippen LogP contribution is 2.29. The largest absolute Gasteiger partial charge is 0.445 e. The van der Waals surface area contributed by atoms with Gasteiger partial charge in [0.05, 0.1) is 4.92 Å². The van der Waals surface area contributed by atoms with Gasteiger partial charge in [0.25, 0.3) is 5.69 Å². The predicted octanol–water partition coefficient (Wildman–Crippen LogP) is 3.74. The number of piperidine rings is 1. The molecule has 1 atom stereocenters. The molecule has 1 saturated heterocycles. The molecule has 0 N–H and O–H groups in total. The fraction of sp³-hybridized carbons (Fsp3) is 0.529. The molecule has 1 aromatic rings. The molecule has 7 nitrogen and oxygen atoms in total. The van der Waals surface area contributed by atoms with Gasteiger partial charge < -0.3 is 9.64 Å². The zero-order chi connectivity index (χ0) is 18.4. The highest BCUT2D eigenvalue weighted by atomic mass is 35.5. The van der Waals surface area contributed by atoms with E-state index in [2.05, 4.69) is 0 Å². The number of rotatable bonds is 6. The summed E-state index contributed by atoms with van der Waals surface area (Å²) < 4.78 is 5.26. The summed E-state index contributed by atoms with van der Waals surface area (Å²) in [5, 5.41) is 10.3. The second kappa shape index (κ2) is 8.80. The fourth-order valence-electron chi connectivity index (χ4n) is 3.11. The average molecular weight is 369 g/mol. The summed E-state index contributed by atoms with van der Waals surface area (Å²) >= 11 is 5.64. The van der Waals surface area contributed by atoms with E-state index in [1.807, 2.05) is 6.92 Å². The van der Waals surface area contributed by atoms with E-state index in [1.54, 1.807) is 17.0 Å². The lowest BCUT2D eigenvalue weighted by molar-refractivity contribution is -0.384. The van der Waals surface area contributed by atoms with Crippen molar-refractivity contribution in [2.24, 2.45) is 11.8 Å². The van der Waals surface area contributed by atoms with Gasteiger partial charge in [-0.15, -0.1) is 0 Å². The van der Waals surface area contributed by atoms with Crippen LogP contribution < -0.4 is 0 Å². The number of halogens is 1. The van der Waals surface area contributed by atoms with Gasteiger partial charge in [-0.1, -0.05) is 6.92 Å². The molecule has 1 aliphatic heterocycles. The maximum absolute atomic E-state index is 12.1. The SMILES string of the molecule is CCC(C(=O)Cl)C1CCN(C(=O)OCc2ccc([N+](=O)[O-])cc2)CC1. The lowest BCUT2D eigenvalue weighted by Crippen LogP contribution is -2.41. The van der Waals surface area contributed by atoms with Crippen LogP contribution >= 0.6 is 11.6 Å². The van der Waals surface area contributed by atoms with Crippen LogP contribution in [-0.4, -0.2) is 34.2 Å². The summed E-state index contributed by atoms with van der Waals surface area (Å²) in [7, 11) is 0. The normalized spacial score (nSPS) is 16.3. The van der Waals surface area contributed by atoms with Crippen molar-refractivity contribution in [3.8, 4) is 0 Å². The van der Waals surface area contributed by atoms with Crippen LogP contribution in [0.2, 0.25) is 0 Å². The van der Waals surface area contributed by atoms with Gasteiger partial charge >= 0.3 is 6.09 Å². The smallest absolute Gasteiger partial charge is 0.410 e. The monoisotopic (exact) mass is 368 g/mol. The van der Waals surface area contributed by atoms with Crippen LogP contribution in [0.1, 0.15) is 31.7 Å². The number of carbonyl (C=O) groups excluding carboxylic acids is 2. The van der Waals surface area contributed by atoms with Crippen LogP contribution in [-0.2, 0) is 16.1 Å². The van der Waals surface area contributed by atoms with E-state index in [-0.39, 0.29) is 29.4 Å². The molecule has 1 unspecified atom stereocenters. The molecule has 1 heterocycles. The standard InChI is InChI=1S/C17H21ClN2O5/c1-2-15(16(18)21)13-7-9-19(10-8-13)17(22)25-11-12-3-5-14(6-4-12)20(23)24/h3-6,13,15H,2,7-11H2,1H3. The molecule has 1 aromatic carbocycles. The molecule has 1 aliphatic rings. The second-order valence-electron chi connectivity index (χ2n) is 6.12. The molecule has 0 spiro atoms. The number of ether oxygens (including phenoxy) is 1. The van der Waals surface area contributed by atoms with Gasteiger partial charge in [0, 0.05) is 31.1 Å². The Bertz CT molecular complexity index is 626. The van der Waals surface area contributed by atoms with Crippen molar-refractivity contribution >= 4 is 28.6 Å². The molecule has 0 aliphatic carbocycles. The maximum atomic E-state index is 12.1. The van der Waals surface area contributed by atoms with Crippen LogP contribution in [0.4, 0.5) is 10.5 Å². The number of hydrogen-bond donors (Lipinski definition) is 0. The Hall–Kier alpha value is -2.15. The van der Waals surface area contributed by atoms with Gasteiger partial charge in [-0.2, -0.15) is 0 Å². The minimum absolute atomic E-state index is 0.00327. The number of benzene rings is 1. The van der Waals surface area contributed by atoms with E-state index in [0.717, 1.165) is 12.8 Å². The second-order valence-corrected chi connectivity index (χ2v) is 6.49. The third-order valence-electron chi connectivity index (χ3n) is 4.61. The summed E-state index contributed by atoms with van der Waals surface area (Å²) in [6.07, 6.45) is 1.74. The number of nitro groups is 1. The lowest BCUT2D eigenvalue weighted by Gasteiger charge is -2.34. The highest BCUT2D eigenvalue weighted by Gasteiger charge is 2.31. The quantitative estimate of drug-likeness (QED) is 0.433. The van der Waals surface area contributed by atoms with E-state index >= 15 is 0 Å². The Morgan fingerprint density at radius 1 is 1.32 bits per heavy atom.